The number of carboxylic acid groups (broad SMARTS) is 1. The minimum absolute atomic E-state index is 0.0406. The SMILES string of the molecule is CN(CC(F)(F)F)S(=O)(=O)CC(=O)O. The van der Waals surface area contributed by atoms with E-state index in [4.69, 9.17) is 5.11 Å². The molecule has 0 saturated carbocycles. The van der Waals surface area contributed by atoms with Crippen molar-refractivity contribution in [1.29, 1.82) is 0 Å². The summed E-state index contributed by atoms with van der Waals surface area (Å²) in [5, 5.41) is 8.11. The van der Waals surface area contributed by atoms with Crippen LogP contribution in [0.25, 0.3) is 0 Å². The van der Waals surface area contributed by atoms with Gasteiger partial charge in [0.1, 0.15) is 6.54 Å². The van der Waals surface area contributed by atoms with Crippen LogP contribution < -0.4 is 0 Å². The van der Waals surface area contributed by atoms with Crippen molar-refractivity contribution in [1.82, 2.24) is 4.31 Å². The average Bonchev–Trinajstić information content (AvgIpc) is 1.79. The number of halogens is 3. The lowest BCUT2D eigenvalue weighted by Crippen LogP contribution is -2.38. The Morgan fingerprint density at radius 2 is 1.86 bits per heavy atom. The Morgan fingerprint density at radius 3 is 2.14 bits per heavy atom. The highest BCUT2D eigenvalue weighted by Crippen LogP contribution is 2.17. The zero-order valence-corrected chi connectivity index (χ0v) is 7.89. The number of hydrogen-bond acceptors (Lipinski definition) is 3. The van der Waals surface area contributed by atoms with E-state index < -0.39 is 34.5 Å². The first kappa shape index (κ1) is 13.2. The van der Waals surface area contributed by atoms with Crippen molar-refractivity contribution in [3.63, 3.8) is 0 Å². The van der Waals surface area contributed by atoms with Crippen LogP contribution in [0.3, 0.4) is 0 Å². The Hall–Kier alpha value is -0.830. The maximum atomic E-state index is 11.7. The molecule has 0 unspecified atom stereocenters. The molecule has 0 radical (unpaired) electrons. The van der Waals surface area contributed by atoms with E-state index in [0.717, 1.165) is 0 Å². The molecule has 14 heavy (non-hydrogen) atoms. The van der Waals surface area contributed by atoms with Crippen LogP contribution in [0.4, 0.5) is 13.2 Å². The third-order valence-corrected chi connectivity index (χ3v) is 2.87. The second-order valence-corrected chi connectivity index (χ2v) is 4.60. The molecule has 0 bridgehead atoms. The largest absolute Gasteiger partial charge is 0.480 e. The van der Waals surface area contributed by atoms with Gasteiger partial charge in [0.2, 0.25) is 10.0 Å². The summed E-state index contributed by atoms with van der Waals surface area (Å²) in [6.45, 7) is -1.69. The number of sulfonamides is 1. The first-order valence-electron chi connectivity index (χ1n) is 3.27. The van der Waals surface area contributed by atoms with E-state index in [1.54, 1.807) is 0 Å². The molecule has 9 heteroatoms. The first-order chi connectivity index (χ1) is 6.04. The molecule has 0 aliphatic carbocycles. The lowest BCUT2D eigenvalue weighted by atomic mass is 10.6. The van der Waals surface area contributed by atoms with E-state index in [0.29, 0.717) is 7.05 Å². The summed E-state index contributed by atoms with van der Waals surface area (Å²) in [6, 6.07) is 0. The van der Waals surface area contributed by atoms with Crippen LogP contribution in [-0.2, 0) is 14.8 Å². The van der Waals surface area contributed by atoms with Crippen molar-refractivity contribution >= 4 is 16.0 Å². The van der Waals surface area contributed by atoms with E-state index in [9.17, 15) is 26.4 Å². The molecule has 0 aliphatic heterocycles. The number of nitrogens with zero attached hydrogens (tertiary/aromatic N) is 1. The molecule has 0 amide bonds. The maximum absolute atomic E-state index is 11.7. The second-order valence-electron chi connectivity index (χ2n) is 2.52. The predicted molar refractivity (Wildman–Crippen MR) is 40.1 cm³/mol. The van der Waals surface area contributed by atoms with Gasteiger partial charge in [-0.05, 0) is 0 Å². The standard InChI is InChI=1S/C5H8F3NO4S/c1-9(3-5(6,7)8)14(12,13)2-4(10)11/h2-3H2,1H3,(H,10,11). The van der Waals surface area contributed by atoms with Gasteiger partial charge in [0.15, 0.2) is 5.75 Å². The van der Waals surface area contributed by atoms with Gasteiger partial charge in [0.25, 0.3) is 0 Å². The van der Waals surface area contributed by atoms with Crippen LogP contribution in [0.5, 0.6) is 0 Å². The highest BCUT2D eigenvalue weighted by molar-refractivity contribution is 7.89. The summed E-state index contributed by atoms with van der Waals surface area (Å²) in [7, 11) is -3.71. The number of carboxylic acids is 1. The van der Waals surface area contributed by atoms with Crippen LogP contribution in [0.2, 0.25) is 0 Å². The molecule has 5 nitrogen and oxygen atoms in total. The monoisotopic (exact) mass is 235 g/mol. The second kappa shape index (κ2) is 4.13. The first-order valence-corrected chi connectivity index (χ1v) is 4.88. The third kappa shape index (κ3) is 5.02. The summed E-state index contributed by atoms with van der Waals surface area (Å²) < 4.78 is 56.8. The van der Waals surface area contributed by atoms with Crippen molar-refractivity contribution in [2.24, 2.45) is 0 Å². The molecule has 0 aromatic heterocycles. The summed E-state index contributed by atoms with van der Waals surface area (Å²) in [5.41, 5.74) is 0. The third-order valence-electron chi connectivity index (χ3n) is 1.18. The van der Waals surface area contributed by atoms with Crippen LogP contribution in [0.1, 0.15) is 0 Å². The van der Waals surface area contributed by atoms with Gasteiger partial charge in [0, 0.05) is 7.05 Å². The Labute approximate surface area is 78.2 Å². The van der Waals surface area contributed by atoms with Crippen LogP contribution in [-0.4, -0.2) is 49.3 Å². The smallest absolute Gasteiger partial charge is 0.402 e. The minimum Gasteiger partial charge on any atom is -0.480 e. The van der Waals surface area contributed by atoms with Gasteiger partial charge in [-0.2, -0.15) is 17.5 Å². The van der Waals surface area contributed by atoms with Gasteiger partial charge in [-0.15, -0.1) is 0 Å². The molecular formula is C5H8F3NO4S. The number of aliphatic carboxylic acids is 1. The van der Waals surface area contributed by atoms with Crippen molar-refractivity contribution in [2.45, 2.75) is 6.18 Å². The van der Waals surface area contributed by atoms with Gasteiger partial charge >= 0.3 is 12.1 Å². The number of carbonyl (C=O) groups is 1. The number of alkyl halides is 3. The van der Waals surface area contributed by atoms with E-state index in [1.165, 1.54) is 0 Å². The summed E-state index contributed by atoms with van der Waals surface area (Å²) in [4.78, 5) is 10.00. The predicted octanol–water partition coefficient (Wildman–Crippen LogP) is -0.105. The Morgan fingerprint density at radius 1 is 1.43 bits per heavy atom. The molecule has 0 spiro atoms. The fraction of sp³-hybridized carbons (Fsp3) is 0.800. The molecule has 0 fully saturated rings. The summed E-state index contributed by atoms with van der Waals surface area (Å²) in [5.74, 6) is -3.04. The minimum atomic E-state index is -4.68. The number of hydrogen-bond donors (Lipinski definition) is 1. The van der Waals surface area contributed by atoms with Gasteiger partial charge < -0.3 is 5.11 Å². The van der Waals surface area contributed by atoms with Gasteiger partial charge in [-0.3, -0.25) is 4.79 Å². The van der Waals surface area contributed by atoms with Gasteiger partial charge in [0.05, 0.1) is 0 Å². The zero-order chi connectivity index (χ0) is 11.6. The Balaban J connectivity index is 4.53. The van der Waals surface area contributed by atoms with Gasteiger partial charge in [-0.1, -0.05) is 0 Å². The normalized spacial score (nSPS) is 13.2. The summed E-state index contributed by atoms with van der Waals surface area (Å²) in [6.07, 6.45) is -4.68. The van der Waals surface area contributed by atoms with Crippen molar-refractivity contribution in [2.75, 3.05) is 19.3 Å². The highest BCUT2D eigenvalue weighted by Gasteiger charge is 2.34. The van der Waals surface area contributed by atoms with E-state index in [2.05, 4.69) is 0 Å². The van der Waals surface area contributed by atoms with Crippen LogP contribution in [0.15, 0.2) is 0 Å². The maximum Gasteiger partial charge on any atom is 0.402 e. The van der Waals surface area contributed by atoms with Gasteiger partial charge in [-0.25, -0.2) is 8.42 Å². The van der Waals surface area contributed by atoms with Crippen LogP contribution in [0, 0.1) is 0 Å². The van der Waals surface area contributed by atoms with Crippen molar-refractivity contribution in [3.8, 4) is 0 Å². The Kier molecular flexibility index (Phi) is 3.89. The molecule has 0 aliphatic rings. The lowest BCUT2D eigenvalue weighted by molar-refractivity contribution is -0.136. The zero-order valence-electron chi connectivity index (χ0n) is 7.08. The topological polar surface area (TPSA) is 74.7 Å². The molecule has 0 aromatic rings. The van der Waals surface area contributed by atoms with E-state index in [1.807, 2.05) is 0 Å². The molecule has 0 heterocycles. The lowest BCUT2D eigenvalue weighted by Gasteiger charge is -2.17. The molecular weight excluding hydrogens is 227 g/mol. The van der Waals surface area contributed by atoms with E-state index >= 15 is 0 Å². The van der Waals surface area contributed by atoms with Crippen molar-refractivity contribution in [3.05, 3.63) is 0 Å². The van der Waals surface area contributed by atoms with Crippen LogP contribution >= 0.6 is 0 Å². The highest BCUT2D eigenvalue weighted by atomic mass is 32.2. The fourth-order valence-corrected chi connectivity index (χ4v) is 1.49. The molecule has 0 saturated heterocycles. The Bertz CT molecular complexity index is 309. The fourth-order valence-electron chi connectivity index (χ4n) is 0.617. The quantitative estimate of drug-likeness (QED) is 0.738. The number of rotatable bonds is 4. The molecule has 1 N–H and O–H groups in total. The molecule has 0 rings (SSSR count). The molecule has 0 aromatic carbocycles. The molecule has 0 atom stereocenters. The van der Waals surface area contributed by atoms with E-state index in [-0.39, 0.29) is 4.31 Å². The van der Waals surface area contributed by atoms with Crippen molar-refractivity contribution < 1.29 is 31.5 Å². The molecule has 84 valence electrons. The summed E-state index contributed by atoms with van der Waals surface area (Å²) >= 11 is 0. The average molecular weight is 235 g/mol.